The van der Waals surface area contributed by atoms with Crippen LogP contribution < -0.4 is 10.0 Å². The first-order chi connectivity index (χ1) is 4.33. The Morgan fingerprint density at radius 2 is 2.56 bits per heavy atom. The van der Waals surface area contributed by atoms with E-state index in [2.05, 4.69) is 22.9 Å². The van der Waals surface area contributed by atoms with Crippen LogP contribution in [0, 0.1) is 0 Å². The van der Waals surface area contributed by atoms with Crippen LogP contribution in [0.5, 0.6) is 0 Å². The molecule has 0 saturated carbocycles. The van der Waals surface area contributed by atoms with Crippen molar-refractivity contribution in [3.63, 3.8) is 0 Å². The minimum absolute atomic E-state index is 0.0934. The first-order valence-electron chi connectivity index (χ1n) is 2.52. The maximum atomic E-state index is 5.60. The molecule has 2 nitrogen and oxygen atoms in total. The maximum absolute atomic E-state index is 5.60. The Morgan fingerprint density at radius 3 is 3.00 bits per heavy atom. The minimum Gasteiger partial charge on any atom is -0.371 e. The molecule has 2 N–H and O–H groups in total. The fraction of sp³-hybridized carbons (Fsp3) is 0.200. The van der Waals surface area contributed by atoms with Gasteiger partial charge < -0.3 is 5.32 Å². The van der Waals surface area contributed by atoms with Crippen molar-refractivity contribution in [2.24, 2.45) is 0 Å². The topological polar surface area (TPSA) is 24.1 Å². The number of rotatable bonds is 1. The fourth-order valence-corrected chi connectivity index (χ4v) is 0.838. The third-order valence-electron chi connectivity index (χ3n) is 0.988. The number of thiol groups is 1. The molecule has 4 heteroatoms. The minimum atomic E-state index is 0.0934. The monoisotopic (exact) mass is 162 g/mol. The van der Waals surface area contributed by atoms with Crippen molar-refractivity contribution in [1.29, 1.82) is 0 Å². The van der Waals surface area contributed by atoms with Crippen molar-refractivity contribution in [1.82, 2.24) is 10.0 Å². The number of dihydropyridines is 1. The molecule has 1 aliphatic heterocycles. The zero-order valence-electron chi connectivity index (χ0n) is 4.63. The average Bonchev–Trinajstić information content (AvgIpc) is 1.90. The van der Waals surface area contributed by atoms with Crippen molar-refractivity contribution in [3.8, 4) is 0 Å². The Hall–Kier alpha value is -0.120. The van der Waals surface area contributed by atoms with Crippen LogP contribution in [-0.2, 0) is 0 Å². The van der Waals surface area contributed by atoms with Gasteiger partial charge >= 0.3 is 0 Å². The standard InChI is InChI=1S/C5H7ClN2S/c6-4-1-2-5(8-9)7-3-4/h1-3,5,7-9H. The zero-order valence-corrected chi connectivity index (χ0v) is 6.28. The summed E-state index contributed by atoms with van der Waals surface area (Å²) in [6, 6.07) is 0. The van der Waals surface area contributed by atoms with Gasteiger partial charge in [0.05, 0.1) is 5.03 Å². The van der Waals surface area contributed by atoms with Gasteiger partial charge in [-0.1, -0.05) is 24.4 Å². The van der Waals surface area contributed by atoms with Gasteiger partial charge in [0.15, 0.2) is 0 Å². The van der Waals surface area contributed by atoms with Crippen molar-refractivity contribution < 1.29 is 0 Å². The molecule has 0 spiro atoms. The molecule has 1 atom stereocenters. The summed E-state index contributed by atoms with van der Waals surface area (Å²) < 4.78 is 2.72. The van der Waals surface area contributed by atoms with Gasteiger partial charge in [0, 0.05) is 6.20 Å². The molecule has 0 bridgehead atoms. The number of hydrogen-bond acceptors (Lipinski definition) is 3. The van der Waals surface area contributed by atoms with Crippen LogP contribution in [0.15, 0.2) is 23.4 Å². The Bertz CT molecular complexity index is 155. The number of nitrogens with one attached hydrogen (secondary N) is 2. The fourth-order valence-electron chi connectivity index (χ4n) is 0.542. The summed E-state index contributed by atoms with van der Waals surface area (Å²) in [6.45, 7) is 0. The molecule has 0 aromatic heterocycles. The van der Waals surface area contributed by atoms with Crippen LogP contribution in [0.4, 0.5) is 0 Å². The Kier molecular flexibility index (Phi) is 2.45. The molecule has 1 unspecified atom stereocenters. The van der Waals surface area contributed by atoms with Crippen LogP contribution in [0.3, 0.4) is 0 Å². The van der Waals surface area contributed by atoms with E-state index in [9.17, 15) is 0 Å². The summed E-state index contributed by atoms with van der Waals surface area (Å²) in [4.78, 5) is 0. The van der Waals surface area contributed by atoms with Crippen LogP contribution in [0.25, 0.3) is 0 Å². The van der Waals surface area contributed by atoms with E-state index in [4.69, 9.17) is 11.6 Å². The van der Waals surface area contributed by atoms with Gasteiger partial charge in [0.2, 0.25) is 0 Å². The van der Waals surface area contributed by atoms with Gasteiger partial charge in [-0.2, -0.15) is 0 Å². The van der Waals surface area contributed by atoms with Gasteiger partial charge in [0.25, 0.3) is 0 Å². The van der Waals surface area contributed by atoms with E-state index in [1.54, 1.807) is 6.20 Å². The molecule has 0 aromatic rings. The maximum Gasteiger partial charge on any atom is 0.105 e. The van der Waals surface area contributed by atoms with Crippen LogP contribution in [0.2, 0.25) is 0 Å². The summed E-state index contributed by atoms with van der Waals surface area (Å²) in [5.74, 6) is 0. The summed E-state index contributed by atoms with van der Waals surface area (Å²) in [5, 5.41) is 3.65. The predicted octanol–water partition coefficient (Wildman–Crippen LogP) is 0.986. The van der Waals surface area contributed by atoms with E-state index in [1.807, 2.05) is 12.2 Å². The predicted molar refractivity (Wildman–Crippen MR) is 42.1 cm³/mol. The van der Waals surface area contributed by atoms with E-state index < -0.39 is 0 Å². The van der Waals surface area contributed by atoms with Crippen molar-refractivity contribution in [2.45, 2.75) is 6.17 Å². The van der Waals surface area contributed by atoms with E-state index in [0.29, 0.717) is 5.03 Å². The first-order valence-corrected chi connectivity index (χ1v) is 3.35. The molecular weight excluding hydrogens is 156 g/mol. The third-order valence-corrected chi connectivity index (χ3v) is 1.50. The molecule has 0 radical (unpaired) electrons. The number of halogens is 1. The second-order valence-electron chi connectivity index (χ2n) is 1.66. The lowest BCUT2D eigenvalue weighted by atomic mass is 10.3. The highest BCUT2D eigenvalue weighted by atomic mass is 35.5. The summed E-state index contributed by atoms with van der Waals surface area (Å²) in [6.07, 6.45) is 5.51. The van der Waals surface area contributed by atoms with Crippen molar-refractivity contribution in [2.75, 3.05) is 0 Å². The molecule has 0 aliphatic carbocycles. The molecule has 0 fully saturated rings. The lowest BCUT2D eigenvalue weighted by Gasteiger charge is -2.14. The summed E-state index contributed by atoms with van der Waals surface area (Å²) in [5.41, 5.74) is 0. The average molecular weight is 163 g/mol. The van der Waals surface area contributed by atoms with Crippen LogP contribution in [0.1, 0.15) is 0 Å². The molecular formula is C5H7ClN2S. The van der Waals surface area contributed by atoms with Crippen LogP contribution >= 0.6 is 24.4 Å². The Balaban J connectivity index is 2.48. The number of hydrogen-bond donors (Lipinski definition) is 3. The van der Waals surface area contributed by atoms with Gasteiger partial charge in [-0.15, -0.1) is 0 Å². The number of allylic oxidation sites excluding steroid dienone is 2. The lowest BCUT2D eigenvalue weighted by molar-refractivity contribution is 0.684. The van der Waals surface area contributed by atoms with Gasteiger partial charge in [-0.05, 0) is 12.2 Å². The first kappa shape index (κ1) is 6.99. The molecule has 1 rings (SSSR count). The summed E-state index contributed by atoms with van der Waals surface area (Å²) in [7, 11) is 0. The van der Waals surface area contributed by atoms with Crippen molar-refractivity contribution in [3.05, 3.63) is 23.4 Å². The SMILES string of the molecule is SNC1C=CC(Cl)=CN1. The second kappa shape index (κ2) is 3.15. The van der Waals surface area contributed by atoms with E-state index >= 15 is 0 Å². The van der Waals surface area contributed by atoms with Gasteiger partial charge in [-0.3, -0.25) is 0 Å². The second-order valence-corrected chi connectivity index (χ2v) is 2.36. The molecule has 9 heavy (non-hydrogen) atoms. The molecule has 0 saturated heterocycles. The van der Waals surface area contributed by atoms with E-state index in [1.165, 1.54) is 0 Å². The molecule has 0 aromatic carbocycles. The van der Waals surface area contributed by atoms with E-state index in [0.717, 1.165) is 0 Å². The molecule has 0 amide bonds. The smallest absolute Gasteiger partial charge is 0.105 e. The molecule has 1 aliphatic rings. The quantitative estimate of drug-likeness (QED) is 0.501. The Morgan fingerprint density at radius 1 is 1.78 bits per heavy atom. The highest BCUT2D eigenvalue weighted by Crippen LogP contribution is 2.06. The van der Waals surface area contributed by atoms with Crippen molar-refractivity contribution >= 4 is 24.4 Å². The Labute approximate surface area is 64.5 Å². The summed E-state index contributed by atoms with van der Waals surface area (Å²) >= 11 is 9.46. The largest absolute Gasteiger partial charge is 0.371 e. The van der Waals surface area contributed by atoms with E-state index in [-0.39, 0.29) is 6.17 Å². The highest BCUT2D eigenvalue weighted by Gasteiger charge is 2.01. The van der Waals surface area contributed by atoms with Crippen LogP contribution in [-0.4, -0.2) is 6.17 Å². The molecule has 1 heterocycles. The zero-order chi connectivity index (χ0) is 6.69. The lowest BCUT2D eigenvalue weighted by Crippen LogP contribution is -2.33. The molecule has 50 valence electrons. The van der Waals surface area contributed by atoms with Gasteiger partial charge in [-0.25, -0.2) is 4.72 Å². The normalized spacial score (nSPS) is 25.1. The van der Waals surface area contributed by atoms with Gasteiger partial charge in [0.1, 0.15) is 6.17 Å². The third kappa shape index (κ3) is 1.93. The highest BCUT2D eigenvalue weighted by molar-refractivity contribution is 7.78.